The van der Waals surface area contributed by atoms with Gasteiger partial charge in [-0.15, -0.1) is 0 Å². The summed E-state index contributed by atoms with van der Waals surface area (Å²) in [6.07, 6.45) is 2.67. The van der Waals surface area contributed by atoms with Crippen molar-refractivity contribution in [3.63, 3.8) is 0 Å². The first kappa shape index (κ1) is 18.1. The van der Waals surface area contributed by atoms with Crippen LogP contribution in [0.3, 0.4) is 0 Å². The Morgan fingerprint density at radius 1 is 1.16 bits per heavy atom. The van der Waals surface area contributed by atoms with Crippen molar-refractivity contribution >= 4 is 11.7 Å². The number of carbonyl (C=O) groups excluding carboxylic acids is 2. The Bertz CT molecular complexity index is 606. The largest absolute Gasteiger partial charge is 0.390 e. The Kier molecular flexibility index (Phi) is 5.86. The summed E-state index contributed by atoms with van der Waals surface area (Å²) in [5.74, 6) is 0.473. The molecule has 0 aromatic heterocycles. The summed E-state index contributed by atoms with van der Waals surface area (Å²) in [7, 11) is 0. The van der Waals surface area contributed by atoms with Crippen LogP contribution in [0.25, 0.3) is 0 Å². The molecule has 1 aromatic rings. The summed E-state index contributed by atoms with van der Waals surface area (Å²) in [6, 6.07) is 7.80. The van der Waals surface area contributed by atoms with Gasteiger partial charge in [0.15, 0.2) is 5.78 Å². The molecule has 1 amide bonds. The van der Waals surface area contributed by atoms with Gasteiger partial charge in [0.25, 0.3) is 0 Å². The number of benzene rings is 1. The van der Waals surface area contributed by atoms with Gasteiger partial charge in [-0.1, -0.05) is 29.8 Å². The molecule has 1 aromatic carbocycles. The zero-order valence-electron chi connectivity index (χ0n) is 15.0. The zero-order chi connectivity index (χ0) is 17.8. The lowest BCUT2D eigenvalue weighted by Crippen LogP contribution is -2.44. The molecule has 1 unspecified atom stereocenters. The highest BCUT2D eigenvalue weighted by molar-refractivity contribution is 5.97. The second-order valence-corrected chi connectivity index (χ2v) is 7.40. The zero-order valence-corrected chi connectivity index (χ0v) is 15.0. The lowest BCUT2D eigenvalue weighted by Gasteiger charge is -2.33. The SMILES string of the molecule is Cc1ccc(C(=O)C2CCN(CC(O)CN3CCCC3=O)CC2)cc1. The molecular weight excluding hydrogens is 316 g/mol. The van der Waals surface area contributed by atoms with Crippen molar-refractivity contribution in [2.24, 2.45) is 5.92 Å². The van der Waals surface area contributed by atoms with Gasteiger partial charge in [0.2, 0.25) is 5.91 Å². The number of aryl methyl sites for hydroxylation is 1. The summed E-state index contributed by atoms with van der Waals surface area (Å²) < 4.78 is 0. The summed E-state index contributed by atoms with van der Waals surface area (Å²) in [6.45, 7) is 5.45. The van der Waals surface area contributed by atoms with Gasteiger partial charge in [0.1, 0.15) is 0 Å². The van der Waals surface area contributed by atoms with E-state index in [9.17, 15) is 14.7 Å². The molecule has 5 heteroatoms. The monoisotopic (exact) mass is 344 g/mol. The molecule has 1 N–H and O–H groups in total. The molecule has 2 saturated heterocycles. The second kappa shape index (κ2) is 8.11. The van der Waals surface area contributed by atoms with Crippen LogP contribution in [-0.2, 0) is 4.79 Å². The first-order valence-corrected chi connectivity index (χ1v) is 9.32. The molecule has 0 radical (unpaired) electrons. The van der Waals surface area contributed by atoms with Crippen molar-refractivity contribution in [2.75, 3.05) is 32.7 Å². The van der Waals surface area contributed by atoms with E-state index in [1.807, 2.05) is 31.2 Å². The number of piperidine rings is 1. The summed E-state index contributed by atoms with van der Waals surface area (Å²) in [5.41, 5.74) is 1.97. The fourth-order valence-electron chi connectivity index (χ4n) is 3.84. The van der Waals surface area contributed by atoms with Crippen molar-refractivity contribution in [2.45, 2.75) is 38.7 Å². The molecule has 5 nitrogen and oxygen atoms in total. The number of ketones is 1. The van der Waals surface area contributed by atoms with E-state index in [4.69, 9.17) is 0 Å². The molecule has 2 fully saturated rings. The molecule has 2 heterocycles. The number of nitrogens with zero attached hydrogens (tertiary/aromatic N) is 2. The molecule has 0 aliphatic carbocycles. The first-order chi connectivity index (χ1) is 12.0. The fraction of sp³-hybridized carbons (Fsp3) is 0.600. The Labute approximate surface area is 149 Å². The number of β-amino-alcohol motifs (C(OH)–C–C–N with tert-alkyl or cyclic N) is 1. The topological polar surface area (TPSA) is 60.9 Å². The van der Waals surface area contributed by atoms with Crippen LogP contribution in [0.1, 0.15) is 41.6 Å². The number of carbonyl (C=O) groups is 2. The van der Waals surface area contributed by atoms with Crippen LogP contribution in [0.4, 0.5) is 0 Å². The maximum atomic E-state index is 12.6. The van der Waals surface area contributed by atoms with Gasteiger partial charge in [-0.05, 0) is 39.3 Å². The molecule has 2 aliphatic rings. The molecule has 0 spiro atoms. The van der Waals surface area contributed by atoms with E-state index in [2.05, 4.69) is 4.90 Å². The third-order valence-corrected chi connectivity index (χ3v) is 5.37. The molecule has 2 aliphatic heterocycles. The molecule has 0 saturated carbocycles. The van der Waals surface area contributed by atoms with Crippen molar-refractivity contribution in [3.8, 4) is 0 Å². The van der Waals surface area contributed by atoms with Gasteiger partial charge in [-0.2, -0.15) is 0 Å². The lowest BCUT2D eigenvalue weighted by atomic mass is 9.88. The molecule has 0 bridgehead atoms. The third kappa shape index (κ3) is 4.67. The Morgan fingerprint density at radius 3 is 2.44 bits per heavy atom. The molecule has 25 heavy (non-hydrogen) atoms. The van der Waals surface area contributed by atoms with Crippen LogP contribution in [0.5, 0.6) is 0 Å². The first-order valence-electron chi connectivity index (χ1n) is 9.32. The molecule has 136 valence electrons. The van der Waals surface area contributed by atoms with Gasteiger partial charge in [-0.25, -0.2) is 0 Å². The van der Waals surface area contributed by atoms with E-state index in [1.165, 1.54) is 0 Å². The fourth-order valence-corrected chi connectivity index (χ4v) is 3.84. The normalized spacial score (nSPS) is 20.9. The van der Waals surface area contributed by atoms with E-state index in [0.29, 0.717) is 19.5 Å². The van der Waals surface area contributed by atoms with E-state index in [-0.39, 0.29) is 17.6 Å². The predicted molar refractivity (Wildman–Crippen MR) is 96.5 cm³/mol. The number of rotatable bonds is 6. The maximum absolute atomic E-state index is 12.6. The number of amides is 1. The summed E-state index contributed by atoms with van der Waals surface area (Å²) in [5, 5.41) is 10.3. The van der Waals surface area contributed by atoms with Crippen LogP contribution in [0.15, 0.2) is 24.3 Å². The average molecular weight is 344 g/mol. The van der Waals surface area contributed by atoms with E-state index in [0.717, 1.165) is 50.0 Å². The van der Waals surface area contributed by atoms with Crippen molar-refractivity contribution in [3.05, 3.63) is 35.4 Å². The Balaban J connectivity index is 1.44. The minimum Gasteiger partial charge on any atom is -0.390 e. The van der Waals surface area contributed by atoms with E-state index >= 15 is 0 Å². The average Bonchev–Trinajstić information content (AvgIpc) is 3.00. The van der Waals surface area contributed by atoms with Gasteiger partial charge < -0.3 is 14.9 Å². The molecular formula is C20H28N2O3. The van der Waals surface area contributed by atoms with Crippen LogP contribution in [0, 0.1) is 12.8 Å². The molecule has 1 atom stereocenters. The molecule has 3 rings (SSSR count). The Hall–Kier alpha value is -1.72. The van der Waals surface area contributed by atoms with Gasteiger partial charge in [0, 0.05) is 37.5 Å². The van der Waals surface area contributed by atoms with Crippen LogP contribution in [-0.4, -0.2) is 65.4 Å². The summed E-state index contributed by atoms with van der Waals surface area (Å²) >= 11 is 0. The minimum absolute atomic E-state index is 0.0799. The summed E-state index contributed by atoms with van der Waals surface area (Å²) in [4.78, 5) is 28.2. The quantitative estimate of drug-likeness (QED) is 0.801. The number of hydrogen-bond donors (Lipinski definition) is 1. The van der Waals surface area contributed by atoms with Crippen molar-refractivity contribution in [1.29, 1.82) is 0 Å². The highest BCUT2D eigenvalue weighted by atomic mass is 16.3. The van der Waals surface area contributed by atoms with Gasteiger partial charge in [-0.3, -0.25) is 9.59 Å². The third-order valence-electron chi connectivity index (χ3n) is 5.37. The number of likely N-dealkylation sites (tertiary alicyclic amines) is 2. The van der Waals surface area contributed by atoms with Gasteiger partial charge in [0.05, 0.1) is 6.10 Å². The highest BCUT2D eigenvalue weighted by Crippen LogP contribution is 2.22. The maximum Gasteiger partial charge on any atom is 0.222 e. The van der Waals surface area contributed by atoms with Gasteiger partial charge >= 0.3 is 0 Å². The van der Waals surface area contributed by atoms with Crippen LogP contribution in [0.2, 0.25) is 0 Å². The van der Waals surface area contributed by atoms with Crippen LogP contribution >= 0.6 is 0 Å². The van der Waals surface area contributed by atoms with Crippen molar-refractivity contribution in [1.82, 2.24) is 9.80 Å². The smallest absolute Gasteiger partial charge is 0.222 e. The number of Topliss-reactive ketones (excluding diaryl/α,β-unsaturated/α-hetero) is 1. The van der Waals surface area contributed by atoms with Crippen molar-refractivity contribution < 1.29 is 14.7 Å². The van der Waals surface area contributed by atoms with E-state index in [1.54, 1.807) is 4.90 Å². The standard InChI is InChI=1S/C20H28N2O3/c1-15-4-6-16(7-5-15)20(25)17-8-11-21(12-9-17)13-18(23)14-22-10-2-3-19(22)24/h4-7,17-18,23H,2-3,8-14H2,1H3. The number of aliphatic hydroxyl groups is 1. The minimum atomic E-state index is -0.508. The number of hydrogen-bond acceptors (Lipinski definition) is 4. The van der Waals surface area contributed by atoms with E-state index < -0.39 is 6.10 Å². The lowest BCUT2D eigenvalue weighted by molar-refractivity contribution is -0.129. The Morgan fingerprint density at radius 2 is 1.84 bits per heavy atom. The van der Waals surface area contributed by atoms with Crippen LogP contribution < -0.4 is 0 Å². The highest BCUT2D eigenvalue weighted by Gasteiger charge is 2.28. The second-order valence-electron chi connectivity index (χ2n) is 7.40. The predicted octanol–water partition coefficient (Wildman–Crippen LogP) is 1.87. The number of aliphatic hydroxyl groups excluding tert-OH is 1.